The van der Waals surface area contributed by atoms with E-state index in [4.69, 9.17) is 11.6 Å². The van der Waals surface area contributed by atoms with Gasteiger partial charge in [0.25, 0.3) is 0 Å². The Kier molecular flexibility index (Phi) is 2.83. The van der Waals surface area contributed by atoms with Gasteiger partial charge in [0.15, 0.2) is 0 Å². The molecule has 2 aromatic carbocycles. The number of aromatic nitrogens is 1. The highest BCUT2D eigenvalue weighted by molar-refractivity contribution is 7.99. The van der Waals surface area contributed by atoms with Crippen LogP contribution in [0, 0.1) is 0 Å². The lowest BCUT2D eigenvalue weighted by Crippen LogP contribution is -1.71. The highest BCUT2D eigenvalue weighted by atomic mass is 35.5. The van der Waals surface area contributed by atoms with Crippen LogP contribution in [0.5, 0.6) is 0 Å². The van der Waals surface area contributed by atoms with Gasteiger partial charge in [-0.2, -0.15) is 0 Å². The van der Waals surface area contributed by atoms with Gasteiger partial charge in [-0.1, -0.05) is 47.6 Å². The fourth-order valence-electron chi connectivity index (χ4n) is 1.77. The van der Waals surface area contributed by atoms with Gasteiger partial charge in [0.05, 0.1) is 0 Å². The Morgan fingerprint density at radius 2 is 1.82 bits per heavy atom. The number of rotatable bonds is 2. The summed E-state index contributed by atoms with van der Waals surface area (Å²) >= 11 is 7.72. The molecule has 0 saturated heterocycles. The molecule has 1 aromatic heterocycles. The van der Waals surface area contributed by atoms with Crippen LogP contribution in [-0.4, -0.2) is 4.98 Å². The monoisotopic (exact) mass is 259 g/mol. The molecular weight excluding hydrogens is 250 g/mol. The van der Waals surface area contributed by atoms with Crippen LogP contribution < -0.4 is 0 Å². The van der Waals surface area contributed by atoms with Crippen molar-refractivity contribution in [1.82, 2.24) is 4.98 Å². The average molecular weight is 260 g/mol. The molecule has 0 saturated carbocycles. The van der Waals surface area contributed by atoms with E-state index >= 15 is 0 Å². The van der Waals surface area contributed by atoms with E-state index in [0.29, 0.717) is 0 Å². The molecule has 0 amide bonds. The number of aromatic amines is 1. The van der Waals surface area contributed by atoms with E-state index in [1.807, 2.05) is 36.5 Å². The molecule has 3 heteroatoms. The maximum absolute atomic E-state index is 5.96. The zero-order valence-corrected chi connectivity index (χ0v) is 10.6. The Morgan fingerprint density at radius 1 is 1.00 bits per heavy atom. The summed E-state index contributed by atoms with van der Waals surface area (Å²) in [6.45, 7) is 0. The number of nitrogens with one attached hydrogen (secondary N) is 1. The third-order valence-corrected chi connectivity index (χ3v) is 3.88. The van der Waals surface area contributed by atoms with Crippen LogP contribution in [-0.2, 0) is 0 Å². The molecular formula is C14H10ClNS. The van der Waals surface area contributed by atoms with Crippen molar-refractivity contribution in [2.45, 2.75) is 9.79 Å². The average Bonchev–Trinajstić information content (AvgIpc) is 2.73. The van der Waals surface area contributed by atoms with Gasteiger partial charge in [0, 0.05) is 31.9 Å². The van der Waals surface area contributed by atoms with E-state index in [-0.39, 0.29) is 0 Å². The molecule has 0 spiro atoms. The van der Waals surface area contributed by atoms with Crippen LogP contribution in [0.2, 0.25) is 5.02 Å². The molecule has 0 atom stereocenters. The molecule has 17 heavy (non-hydrogen) atoms. The summed E-state index contributed by atoms with van der Waals surface area (Å²) in [5.41, 5.74) is 1.08. The maximum atomic E-state index is 5.96. The van der Waals surface area contributed by atoms with Crippen molar-refractivity contribution >= 4 is 34.3 Å². The van der Waals surface area contributed by atoms with E-state index in [0.717, 1.165) is 10.5 Å². The van der Waals surface area contributed by atoms with Crippen molar-refractivity contribution in [2.75, 3.05) is 0 Å². The zero-order valence-electron chi connectivity index (χ0n) is 8.98. The van der Waals surface area contributed by atoms with Crippen LogP contribution in [0.25, 0.3) is 10.9 Å². The number of halogens is 1. The predicted molar refractivity (Wildman–Crippen MR) is 73.9 cm³/mol. The van der Waals surface area contributed by atoms with Crippen LogP contribution in [0.1, 0.15) is 0 Å². The second kappa shape index (κ2) is 4.47. The normalized spacial score (nSPS) is 10.9. The second-order valence-corrected chi connectivity index (χ2v) is 5.31. The van der Waals surface area contributed by atoms with Crippen LogP contribution in [0.4, 0.5) is 0 Å². The first-order valence-electron chi connectivity index (χ1n) is 5.32. The first-order valence-corrected chi connectivity index (χ1v) is 6.52. The fourth-order valence-corrected chi connectivity index (χ4v) is 2.90. The smallest absolute Gasteiger partial charge is 0.0480 e. The molecule has 0 aliphatic carbocycles. The van der Waals surface area contributed by atoms with E-state index in [1.54, 1.807) is 11.8 Å². The van der Waals surface area contributed by atoms with Crippen molar-refractivity contribution in [1.29, 1.82) is 0 Å². The van der Waals surface area contributed by atoms with Crippen molar-refractivity contribution in [3.63, 3.8) is 0 Å². The summed E-state index contributed by atoms with van der Waals surface area (Å²) in [6.07, 6.45) is 2.03. The molecule has 84 valence electrons. The van der Waals surface area contributed by atoms with E-state index in [2.05, 4.69) is 23.2 Å². The summed E-state index contributed by atoms with van der Waals surface area (Å²) in [7, 11) is 0. The summed E-state index contributed by atoms with van der Waals surface area (Å²) in [5, 5.41) is 1.97. The molecule has 3 aromatic rings. The molecule has 0 aliphatic heterocycles. The lowest BCUT2D eigenvalue weighted by molar-refractivity contribution is 1.39. The Labute approximate surface area is 109 Å². The Bertz CT molecular complexity index is 646. The first-order chi connectivity index (χ1) is 8.33. The molecule has 0 unspecified atom stereocenters. The topological polar surface area (TPSA) is 15.8 Å². The molecule has 0 aliphatic rings. The SMILES string of the molecule is Clc1ccc2c(Sc3ccccc3)c[nH]c2c1. The number of fused-ring (bicyclic) bond motifs is 1. The largest absolute Gasteiger partial charge is 0.360 e. The highest BCUT2D eigenvalue weighted by Crippen LogP contribution is 2.34. The van der Waals surface area contributed by atoms with E-state index in [9.17, 15) is 0 Å². The van der Waals surface area contributed by atoms with Gasteiger partial charge in [-0.25, -0.2) is 0 Å². The Balaban J connectivity index is 2.01. The van der Waals surface area contributed by atoms with Crippen molar-refractivity contribution in [3.8, 4) is 0 Å². The summed E-state index contributed by atoms with van der Waals surface area (Å²) in [6, 6.07) is 16.3. The quantitative estimate of drug-likeness (QED) is 0.687. The third kappa shape index (κ3) is 2.19. The minimum atomic E-state index is 0.760. The van der Waals surface area contributed by atoms with Gasteiger partial charge >= 0.3 is 0 Å². The minimum absolute atomic E-state index is 0.760. The number of H-pyrrole nitrogens is 1. The van der Waals surface area contributed by atoms with Gasteiger partial charge < -0.3 is 4.98 Å². The van der Waals surface area contributed by atoms with E-state index < -0.39 is 0 Å². The fraction of sp³-hybridized carbons (Fsp3) is 0. The molecule has 1 heterocycles. The number of hydrogen-bond donors (Lipinski definition) is 1. The molecule has 0 fully saturated rings. The van der Waals surface area contributed by atoms with Gasteiger partial charge in [0.1, 0.15) is 0 Å². The molecule has 0 radical (unpaired) electrons. The van der Waals surface area contributed by atoms with Crippen LogP contribution >= 0.6 is 23.4 Å². The minimum Gasteiger partial charge on any atom is -0.360 e. The summed E-state index contributed by atoms with van der Waals surface area (Å²) in [5.74, 6) is 0. The summed E-state index contributed by atoms with van der Waals surface area (Å²) < 4.78 is 0. The first kappa shape index (κ1) is 10.8. The van der Waals surface area contributed by atoms with Crippen LogP contribution in [0.15, 0.2) is 64.5 Å². The lowest BCUT2D eigenvalue weighted by Gasteiger charge is -1.99. The number of benzene rings is 2. The summed E-state index contributed by atoms with van der Waals surface area (Å²) in [4.78, 5) is 5.71. The second-order valence-electron chi connectivity index (χ2n) is 3.76. The van der Waals surface area contributed by atoms with E-state index in [1.165, 1.54) is 15.2 Å². The third-order valence-electron chi connectivity index (χ3n) is 2.58. The van der Waals surface area contributed by atoms with Crippen molar-refractivity contribution < 1.29 is 0 Å². The predicted octanol–water partition coefficient (Wildman–Crippen LogP) is 4.97. The Hall–Kier alpha value is -1.38. The number of hydrogen-bond acceptors (Lipinski definition) is 1. The molecule has 3 rings (SSSR count). The molecule has 1 nitrogen and oxygen atoms in total. The van der Waals surface area contributed by atoms with Gasteiger partial charge in [-0.15, -0.1) is 0 Å². The van der Waals surface area contributed by atoms with Gasteiger partial charge in [-0.05, 0) is 24.3 Å². The van der Waals surface area contributed by atoms with Gasteiger partial charge in [-0.3, -0.25) is 0 Å². The lowest BCUT2D eigenvalue weighted by atomic mass is 10.2. The standard InChI is InChI=1S/C14H10ClNS/c15-10-6-7-12-13(8-10)16-9-14(12)17-11-4-2-1-3-5-11/h1-9,16H. The van der Waals surface area contributed by atoms with Gasteiger partial charge in [0.2, 0.25) is 0 Å². The van der Waals surface area contributed by atoms with Crippen molar-refractivity contribution in [2.24, 2.45) is 0 Å². The highest BCUT2D eigenvalue weighted by Gasteiger charge is 2.05. The van der Waals surface area contributed by atoms with Crippen molar-refractivity contribution in [3.05, 3.63) is 59.8 Å². The zero-order chi connectivity index (χ0) is 11.7. The molecule has 0 bridgehead atoms. The Morgan fingerprint density at radius 3 is 2.65 bits per heavy atom. The molecule has 1 N–H and O–H groups in total. The van der Waals surface area contributed by atoms with Crippen LogP contribution in [0.3, 0.4) is 0 Å². The maximum Gasteiger partial charge on any atom is 0.0480 e.